The van der Waals surface area contributed by atoms with E-state index in [4.69, 9.17) is 11.6 Å². The van der Waals surface area contributed by atoms with Gasteiger partial charge in [0.25, 0.3) is 0 Å². The number of carbonyl (C=O) groups is 1. The predicted octanol–water partition coefficient (Wildman–Crippen LogP) is 0.830. The van der Waals surface area contributed by atoms with Crippen LogP contribution < -0.4 is 0 Å². The molecule has 16 heavy (non-hydrogen) atoms. The number of hydrogen-bond acceptors (Lipinski definition) is 4. The highest BCUT2D eigenvalue weighted by Crippen LogP contribution is 2.04. The van der Waals surface area contributed by atoms with Gasteiger partial charge in [-0.15, -0.1) is 11.6 Å². The summed E-state index contributed by atoms with van der Waals surface area (Å²) in [6.45, 7) is 0.149. The molecule has 0 radical (unpaired) electrons. The molecule has 0 aromatic carbocycles. The average Bonchev–Trinajstić information content (AvgIpc) is 2.25. The Bertz CT molecular complexity index is 305. The molecule has 0 atom stereocenters. The van der Waals surface area contributed by atoms with Crippen molar-refractivity contribution < 1.29 is 17.9 Å². The van der Waals surface area contributed by atoms with E-state index in [2.05, 4.69) is 4.74 Å². The second-order valence-corrected chi connectivity index (χ2v) is 5.93. The molecule has 0 aliphatic heterocycles. The number of ether oxygens (including phenoxy) is 1. The number of alkyl halides is 1. The van der Waals surface area contributed by atoms with Crippen LogP contribution in [0.5, 0.6) is 0 Å². The van der Waals surface area contributed by atoms with E-state index >= 15 is 0 Å². The van der Waals surface area contributed by atoms with E-state index in [1.54, 1.807) is 0 Å². The van der Waals surface area contributed by atoms with E-state index < -0.39 is 16.0 Å². The second-order valence-electron chi connectivity index (χ2n) is 3.36. The van der Waals surface area contributed by atoms with Gasteiger partial charge in [0.15, 0.2) is 0 Å². The number of rotatable bonds is 8. The minimum Gasteiger partial charge on any atom is -0.469 e. The summed E-state index contributed by atoms with van der Waals surface area (Å²) in [4.78, 5) is 10.8. The van der Waals surface area contributed by atoms with E-state index in [1.807, 2.05) is 0 Å². The lowest BCUT2D eigenvalue weighted by Crippen LogP contribution is -2.31. The summed E-state index contributed by atoms with van der Waals surface area (Å²) in [6.07, 6.45) is 1.28. The second kappa shape index (κ2) is 7.86. The van der Waals surface area contributed by atoms with Crippen LogP contribution in [0.25, 0.3) is 0 Å². The highest BCUT2D eigenvalue weighted by atomic mass is 35.5. The van der Waals surface area contributed by atoms with Gasteiger partial charge >= 0.3 is 5.97 Å². The zero-order valence-electron chi connectivity index (χ0n) is 9.61. The molecular formula is C9H18ClNO4S. The van der Waals surface area contributed by atoms with Gasteiger partial charge in [0, 0.05) is 19.5 Å². The molecule has 0 fully saturated rings. The summed E-state index contributed by atoms with van der Waals surface area (Å²) in [5, 5.41) is 0. The maximum absolute atomic E-state index is 11.6. The quantitative estimate of drug-likeness (QED) is 0.373. The maximum Gasteiger partial charge on any atom is 0.306 e. The number of nitrogens with zero attached hydrogens (tertiary/aromatic N) is 1. The van der Waals surface area contributed by atoms with Crippen molar-refractivity contribution in [3.8, 4) is 0 Å². The molecule has 0 aliphatic carbocycles. The van der Waals surface area contributed by atoms with Gasteiger partial charge in [-0.25, -0.2) is 12.7 Å². The Morgan fingerprint density at radius 3 is 2.50 bits per heavy atom. The Morgan fingerprint density at radius 1 is 1.38 bits per heavy atom. The van der Waals surface area contributed by atoms with E-state index in [0.29, 0.717) is 18.7 Å². The van der Waals surface area contributed by atoms with Crippen molar-refractivity contribution in [1.29, 1.82) is 0 Å². The zero-order valence-corrected chi connectivity index (χ0v) is 11.2. The number of carbonyl (C=O) groups excluding carboxylic acids is 1. The van der Waals surface area contributed by atoms with E-state index in [0.717, 1.165) is 0 Å². The van der Waals surface area contributed by atoms with Crippen molar-refractivity contribution >= 4 is 27.6 Å². The van der Waals surface area contributed by atoms with Crippen LogP contribution in [0.4, 0.5) is 0 Å². The van der Waals surface area contributed by atoms with Crippen LogP contribution in [0.2, 0.25) is 0 Å². The minimum absolute atomic E-state index is 0.0669. The van der Waals surface area contributed by atoms with Gasteiger partial charge in [0.05, 0.1) is 19.3 Å². The number of methoxy groups -OCH3 is 1. The number of hydrogen-bond donors (Lipinski definition) is 0. The van der Waals surface area contributed by atoms with Crippen LogP contribution in [0.3, 0.4) is 0 Å². The predicted molar refractivity (Wildman–Crippen MR) is 63.0 cm³/mol. The first-order valence-corrected chi connectivity index (χ1v) is 7.15. The fraction of sp³-hybridized carbons (Fsp3) is 0.889. The largest absolute Gasteiger partial charge is 0.469 e. The summed E-state index contributed by atoms with van der Waals surface area (Å²) in [6, 6.07) is 0. The monoisotopic (exact) mass is 271 g/mol. The fourth-order valence-corrected chi connectivity index (χ4v) is 2.46. The van der Waals surface area contributed by atoms with Crippen molar-refractivity contribution in [2.75, 3.05) is 32.3 Å². The molecule has 0 saturated heterocycles. The normalized spacial score (nSPS) is 11.8. The lowest BCUT2D eigenvalue weighted by Gasteiger charge is -2.16. The summed E-state index contributed by atoms with van der Waals surface area (Å²) >= 11 is 5.46. The molecule has 0 aromatic rings. The standard InChI is InChI=1S/C9H18ClNO4S/c1-11(7-5-9(12)15-2)16(13,14)8-4-3-6-10/h3-8H2,1-2H3. The lowest BCUT2D eigenvalue weighted by atomic mass is 10.4. The molecule has 0 heterocycles. The SMILES string of the molecule is COC(=O)CCN(C)S(=O)(=O)CCCCCl. The molecule has 0 saturated carbocycles. The van der Waals surface area contributed by atoms with Crippen molar-refractivity contribution in [3.05, 3.63) is 0 Å². The molecular weight excluding hydrogens is 254 g/mol. The smallest absolute Gasteiger partial charge is 0.306 e. The van der Waals surface area contributed by atoms with E-state index in [1.165, 1.54) is 18.5 Å². The van der Waals surface area contributed by atoms with Gasteiger partial charge in [0.1, 0.15) is 0 Å². The summed E-state index contributed by atoms with van der Waals surface area (Å²) in [5.74, 6) is 0.113. The third-order valence-corrected chi connectivity index (χ3v) is 4.32. The van der Waals surface area contributed by atoms with Crippen molar-refractivity contribution in [3.63, 3.8) is 0 Å². The average molecular weight is 272 g/mol. The Kier molecular flexibility index (Phi) is 7.70. The first kappa shape index (κ1) is 15.7. The van der Waals surface area contributed by atoms with Crippen LogP contribution in [0, 0.1) is 0 Å². The molecule has 0 amide bonds. The highest BCUT2D eigenvalue weighted by molar-refractivity contribution is 7.89. The van der Waals surface area contributed by atoms with Gasteiger partial charge in [-0.05, 0) is 12.8 Å². The number of halogens is 1. The first-order valence-electron chi connectivity index (χ1n) is 5.01. The van der Waals surface area contributed by atoms with Gasteiger partial charge in [0.2, 0.25) is 10.0 Å². The Hall–Kier alpha value is -0.330. The number of sulfonamides is 1. The molecule has 7 heteroatoms. The van der Waals surface area contributed by atoms with Gasteiger partial charge < -0.3 is 4.74 Å². The molecule has 0 bridgehead atoms. The molecule has 0 aromatic heterocycles. The fourth-order valence-electron chi connectivity index (χ4n) is 1.02. The molecule has 0 spiro atoms. The third-order valence-electron chi connectivity index (χ3n) is 2.12. The summed E-state index contributed by atoms with van der Waals surface area (Å²) < 4.78 is 28.9. The maximum atomic E-state index is 11.6. The van der Waals surface area contributed by atoms with E-state index in [9.17, 15) is 13.2 Å². The number of esters is 1. The molecule has 0 unspecified atom stereocenters. The molecule has 5 nitrogen and oxygen atoms in total. The van der Waals surface area contributed by atoms with Gasteiger partial charge in [-0.2, -0.15) is 0 Å². The summed E-state index contributed by atoms with van der Waals surface area (Å²) in [7, 11) is -0.537. The number of unbranched alkanes of at least 4 members (excludes halogenated alkanes) is 1. The molecule has 0 aliphatic rings. The van der Waals surface area contributed by atoms with Crippen molar-refractivity contribution in [2.24, 2.45) is 0 Å². The van der Waals surface area contributed by atoms with Crippen LogP contribution in [-0.4, -0.2) is 51.0 Å². The molecule has 0 rings (SSSR count). The Morgan fingerprint density at radius 2 is 2.00 bits per heavy atom. The highest BCUT2D eigenvalue weighted by Gasteiger charge is 2.17. The topological polar surface area (TPSA) is 63.7 Å². The molecule has 96 valence electrons. The zero-order chi connectivity index (χ0) is 12.6. The van der Waals surface area contributed by atoms with Crippen LogP contribution in [-0.2, 0) is 19.6 Å². The van der Waals surface area contributed by atoms with Gasteiger partial charge in [-0.1, -0.05) is 0 Å². The Labute approximate surface area is 102 Å². The van der Waals surface area contributed by atoms with Crippen LogP contribution in [0.1, 0.15) is 19.3 Å². The van der Waals surface area contributed by atoms with Crippen LogP contribution in [0.15, 0.2) is 0 Å². The van der Waals surface area contributed by atoms with Crippen molar-refractivity contribution in [2.45, 2.75) is 19.3 Å². The lowest BCUT2D eigenvalue weighted by molar-refractivity contribution is -0.140. The third kappa shape index (κ3) is 6.30. The van der Waals surface area contributed by atoms with E-state index in [-0.39, 0.29) is 18.7 Å². The first-order chi connectivity index (χ1) is 7.44. The Balaban J connectivity index is 4.04. The van der Waals surface area contributed by atoms with Gasteiger partial charge in [-0.3, -0.25) is 4.79 Å². The van der Waals surface area contributed by atoms with Crippen LogP contribution >= 0.6 is 11.6 Å². The molecule has 0 N–H and O–H groups in total. The van der Waals surface area contributed by atoms with Crippen molar-refractivity contribution in [1.82, 2.24) is 4.31 Å². The minimum atomic E-state index is -3.27. The summed E-state index contributed by atoms with van der Waals surface area (Å²) in [5.41, 5.74) is 0.